The third kappa shape index (κ3) is 3.86. The summed E-state index contributed by atoms with van der Waals surface area (Å²) in [5, 5.41) is 19.3. The number of benzene rings is 8. The van der Waals surface area contributed by atoms with Crippen molar-refractivity contribution in [1.82, 2.24) is 9.13 Å². The van der Waals surface area contributed by atoms with Crippen LogP contribution in [0.5, 0.6) is 0 Å². The number of fused-ring (bicyclic) bond motifs is 14. The molecule has 250 valence electrons. The molecule has 0 radical (unpaired) electrons. The van der Waals surface area contributed by atoms with Gasteiger partial charge in [-0.2, -0.15) is 5.26 Å². The van der Waals surface area contributed by atoms with Gasteiger partial charge in [0.1, 0.15) is 28.4 Å². The summed E-state index contributed by atoms with van der Waals surface area (Å²) in [6, 6.07) is 59.3. The number of furan rings is 2. The minimum atomic E-state index is 0.602. The molecule has 0 N–H and O–H groups in total. The lowest BCUT2D eigenvalue weighted by molar-refractivity contribution is 0.672. The highest BCUT2D eigenvalue weighted by molar-refractivity contribution is 6.25. The maximum absolute atomic E-state index is 10.4. The highest BCUT2D eigenvalue weighted by atomic mass is 16.3. The number of hydrogen-bond acceptors (Lipinski definition) is 3. The van der Waals surface area contributed by atoms with Crippen LogP contribution in [0.3, 0.4) is 0 Å². The Labute approximate surface area is 307 Å². The van der Waals surface area contributed by atoms with E-state index in [0.29, 0.717) is 5.56 Å². The van der Waals surface area contributed by atoms with E-state index < -0.39 is 0 Å². The van der Waals surface area contributed by atoms with Crippen LogP contribution in [0.1, 0.15) is 5.56 Å². The number of hydrogen-bond donors (Lipinski definition) is 0. The van der Waals surface area contributed by atoms with Crippen molar-refractivity contribution in [2.45, 2.75) is 0 Å². The Balaban J connectivity index is 1.03. The van der Waals surface area contributed by atoms with E-state index in [-0.39, 0.29) is 0 Å². The first-order chi connectivity index (χ1) is 26.7. The van der Waals surface area contributed by atoms with E-state index in [9.17, 15) is 5.26 Å². The van der Waals surface area contributed by atoms with Gasteiger partial charge < -0.3 is 18.0 Å². The van der Waals surface area contributed by atoms with Crippen LogP contribution in [-0.4, -0.2) is 9.13 Å². The van der Waals surface area contributed by atoms with Gasteiger partial charge in [-0.25, -0.2) is 0 Å². The second kappa shape index (κ2) is 10.7. The summed E-state index contributed by atoms with van der Waals surface area (Å²) in [4.78, 5) is 0. The predicted octanol–water partition coefficient (Wildman–Crippen LogP) is 13.2. The van der Waals surface area contributed by atoms with Crippen molar-refractivity contribution in [1.29, 1.82) is 5.26 Å². The van der Waals surface area contributed by atoms with E-state index in [1.807, 2.05) is 42.5 Å². The molecule has 0 saturated heterocycles. The van der Waals surface area contributed by atoms with Crippen LogP contribution in [0.2, 0.25) is 0 Å². The van der Waals surface area contributed by atoms with Crippen molar-refractivity contribution in [3.63, 3.8) is 0 Å². The maximum Gasteiger partial charge on any atom is 0.145 e. The minimum Gasteiger partial charge on any atom is -0.455 e. The summed E-state index contributed by atoms with van der Waals surface area (Å²) in [7, 11) is 0. The third-order valence-electron chi connectivity index (χ3n) is 11.2. The van der Waals surface area contributed by atoms with E-state index in [1.54, 1.807) is 0 Å². The van der Waals surface area contributed by atoms with Gasteiger partial charge in [-0.15, -0.1) is 0 Å². The standard InChI is InChI=1S/C49H27N3O2/c50-28-31-18-17-30(27-43(31)52-40-14-6-2-12-38(40)47-42(52)26-24-36-34-10-4-8-16-45(34)54-49(36)47)29-19-21-32(22-20-29)51-39-13-5-1-11-37(39)46-41(51)25-23-35-33-9-3-7-15-44(33)53-48(35)46/h1-27H. The summed E-state index contributed by atoms with van der Waals surface area (Å²) in [6.45, 7) is 0. The van der Waals surface area contributed by atoms with Gasteiger partial charge in [0, 0.05) is 38.0 Å². The Morgan fingerprint density at radius 3 is 1.50 bits per heavy atom. The monoisotopic (exact) mass is 689 g/mol. The molecule has 12 rings (SSSR count). The second-order valence-electron chi connectivity index (χ2n) is 14.0. The largest absolute Gasteiger partial charge is 0.455 e. The molecule has 0 aliphatic heterocycles. The summed E-state index contributed by atoms with van der Waals surface area (Å²) in [5.74, 6) is 0. The van der Waals surface area contributed by atoms with Crippen LogP contribution in [0, 0.1) is 11.3 Å². The molecule has 0 bridgehead atoms. The second-order valence-corrected chi connectivity index (χ2v) is 14.0. The number of rotatable bonds is 3. The smallest absolute Gasteiger partial charge is 0.145 e. The first kappa shape index (κ1) is 29.1. The zero-order valence-electron chi connectivity index (χ0n) is 28.7. The summed E-state index contributed by atoms with van der Waals surface area (Å²) in [5.41, 5.74) is 12.4. The molecule has 4 aromatic heterocycles. The molecule has 0 unspecified atom stereocenters. The Kier molecular flexibility index (Phi) is 5.78. The summed E-state index contributed by atoms with van der Waals surface area (Å²) < 4.78 is 17.6. The highest BCUT2D eigenvalue weighted by Crippen LogP contribution is 2.43. The normalized spacial score (nSPS) is 12.1. The molecule has 0 aliphatic carbocycles. The molecule has 4 heterocycles. The van der Waals surface area contributed by atoms with Crippen LogP contribution < -0.4 is 0 Å². The van der Waals surface area contributed by atoms with Gasteiger partial charge >= 0.3 is 0 Å². The SMILES string of the molecule is N#Cc1ccc(-c2ccc(-n3c4ccccc4c4c5oc6ccccc6c5ccc43)cc2)cc1-n1c2ccccc2c2c3oc4ccccc4c3ccc21. The first-order valence-electron chi connectivity index (χ1n) is 18.1. The van der Waals surface area contributed by atoms with Crippen molar-refractivity contribution in [2.24, 2.45) is 0 Å². The topological polar surface area (TPSA) is 59.9 Å². The fourth-order valence-electron chi connectivity index (χ4n) is 8.80. The van der Waals surface area contributed by atoms with Gasteiger partial charge in [0.05, 0.1) is 44.1 Å². The lowest BCUT2D eigenvalue weighted by Gasteiger charge is -2.13. The third-order valence-corrected chi connectivity index (χ3v) is 11.2. The van der Waals surface area contributed by atoms with Crippen LogP contribution in [-0.2, 0) is 0 Å². The van der Waals surface area contributed by atoms with Crippen LogP contribution in [0.15, 0.2) is 173 Å². The van der Waals surface area contributed by atoms with E-state index in [2.05, 4.69) is 137 Å². The van der Waals surface area contributed by atoms with Crippen LogP contribution in [0.4, 0.5) is 0 Å². The lowest BCUT2D eigenvalue weighted by atomic mass is 10.0. The fourth-order valence-corrected chi connectivity index (χ4v) is 8.80. The first-order valence-corrected chi connectivity index (χ1v) is 18.1. The zero-order chi connectivity index (χ0) is 35.5. The van der Waals surface area contributed by atoms with Crippen molar-refractivity contribution in [2.75, 3.05) is 0 Å². The molecule has 54 heavy (non-hydrogen) atoms. The molecular weight excluding hydrogens is 663 g/mol. The zero-order valence-corrected chi connectivity index (χ0v) is 28.7. The minimum absolute atomic E-state index is 0.602. The van der Waals surface area contributed by atoms with E-state index in [1.165, 1.54) is 0 Å². The van der Waals surface area contributed by atoms with Gasteiger partial charge in [0.2, 0.25) is 0 Å². The van der Waals surface area contributed by atoms with Crippen molar-refractivity contribution >= 4 is 87.5 Å². The molecule has 0 saturated carbocycles. The lowest BCUT2D eigenvalue weighted by Crippen LogP contribution is -1.98. The Morgan fingerprint density at radius 1 is 0.407 bits per heavy atom. The van der Waals surface area contributed by atoms with Crippen molar-refractivity contribution < 1.29 is 8.83 Å². The van der Waals surface area contributed by atoms with Crippen molar-refractivity contribution in [3.8, 4) is 28.6 Å². The van der Waals surface area contributed by atoms with E-state index in [4.69, 9.17) is 8.83 Å². The molecule has 5 heteroatoms. The van der Waals surface area contributed by atoms with Crippen molar-refractivity contribution in [3.05, 3.63) is 169 Å². The van der Waals surface area contributed by atoms with Gasteiger partial charge in [0.15, 0.2) is 0 Å². The molecule has 0 spiro atoms. The molecule has 8 aromatic carbocycles. The Hall–Kier alpha value is -7.55. The van der Waals surface area contributed by atoms with Gasteiger partial charge in [-0.1, -0.05) is 91.0 Å². The summed E-state index contributed by atoms with van der Waals surface area (Å²) >= 11 is 0. The number of aromatic nitrogens is 2. The molecule has 0 atom stereocenters. The van der Waals surface area contributed by atoms with E-state index in [0.717, 1.165) is 110 Å². The number of nitrogens with zero attached hydrogens (tertiary/aromatic N) is 3. The maximum atomic E-state index is 10.4. The Morgan fingerprint density at radius 2 is 0.907 bits per heavy atom. The van der Waals surface area contributed by atoms with Gasteiger partial charge in [-0.05, 0) is 83.9 Å². The Bertz CT molecular complexity index is 3570. The van der Waals surface area contributed by atoms with Crippen LogP contribution in [0.25, 0.3) is 110 Å². The average Bonchev–Trinajstić information content (AvgIpc) is 3.98. The molecule has 0 aliphatic rings. The summed E-state index contributed by atoms with van der Waals surface area (Å²) in [6.07, 6.45) is 0. The number of nitriles is 1. The van der Waals surface area contributed by atoms with Gasteiger partial charge in [0.25, 0.3) is 0 Å². The number of para-hydroxylation sites is 4. The fraction of sp³-hybridized carbons (Fsp3) is 0. The predicted molar refractivity (Wildman–Crippen MR) is 220 cm³/mol. The van der Waals surface area contributed by atoms with Crippen LogP contribution >= 0.6 is 0 Å². The highest BCUT2D eigenvalue weighted by Gasteiger charge is 2.21. The van der Waals surface area contributed by atoms with Gasteiger partial charge in [-0.3, -0.25) is 0 Å². The molecule has 12 aromatic rings. The molecule has 0 fully saturated rings. The quantitative estimate of drug-likeness (QED) is 0.185. The molecule has 0 amide bonds. The average molecular weight is 690 g/mol. The molecular formula is C49H27N3O2. The molecule has 5 nitrogen and oxygen atoms in total. The van der Waals surface area contributed by atoms with E-state index >= 15 is 0 Å².